The lowest BCUT2D eigenvalue weighted by atomic mass is 9.79. The Bertz CT molecular complexity index is 144. The Morgan fingerprint density at radius 3 is 2.54 bits per heavy atom. The summed E-state index contributed by atoms with van der Waals surface area (Å²) < 4.78 is 10.7. The van der Waals surface area contributed by atoms with E-state index in [2.05, 4.69) is 13.8 Å². The molecule has 1 saturated heterocycles. The molecule has 0 aromatic heterocycles. The van der Waals surface area contributed by atoms with Gasteiger partial charge in [0.15, 0.2) is 0 Å². The zero-order valence-corrected chi connectivity index (χ0v) is 8.71. The first-order chi connectivity index (χ1) is 6.18. The first-order valence-corrected chi connectivity index (χ1v) is 5.04. The van der Waals surface area contributed by atoms with Crippen LogP contribution in [0, 0.1) is 11.3 Å². The summed E-state index contributed by atoms with van der Waals surface area (Å²) in [5, 5.41) is 0. The predicted molar refractivity (Wildman–Crippen MR) is 52.6 cm³/mol. The molecule has 0 aromatic carbocycles. The number of hydrogen-bond acceptors (Lipinski definition) is 3. The van der Waals surface area contributed by atoms with Gasteiger partial charge in [-0.1, -0.05) is 13.8 Å². The topological polar surface area (TPSA) is 44.5 Å². The molecular weight excluding hydrogens is 166 g/mol. The second-order valence-corrected chi connectivity index (χ2v) is 4.43. The normalized spacial score (nSPS) is 20.3. The van der Waals surface area contributed by atoms with E-state index in [1.54, 1.807) is 0 Å². The quantitative estimate of drug-likeness (QED) is 0.631. The van der Waals surface area contributed by atoms with E-state index in [-0.39, 0.29) is 0 Å². The van der Waals surface area contributed by atoms with Gasteiger partial charge in [-0.3, -0.25) is 0 Å². The molecule has 0 bridgehead atoms. The number of hydrogen-bond donors (Lipinski definition) is 1. The molecule has 2 N–H and O–H groups in total. The molecule has 0 atom stereocenters. The van der Waals surface area contributed by atoms with Crippen molar-refractivity contribution in [2.45, 2.75) is 20.3 Å². The highest BCUT2D eigenvalue weighted by Gasteiger charge is 2.39. The molecule has 1 aliphatic rings. The lowest BCUT2D eigenvalue weighted by molar-refractivity contribution is -0.156. The Morgan fingerprint density at radius 2 is 2.15 bits per heavy atom. The molecule has 3 nitrogen and oxygen atoms in total. The third-order valence-corrected chi connectivity index (χ3v) is 2.33. The van der Waals surface area contributed by atoms with Gasteiger partial charge < -0.3 is 15.2 Å². The van der Waals surface area contributed by atoms with Crippen LogP contribution in [0.4, 0.5) is 0 Å². The van der Waals surface area contributed by atoms with Crippen molar-refractivity contribution in [1.82, 2.24) is 0 Å². The monoisotopic (exact) mass is 187 g/mol. The van der Waals surface area contributed by atoms with Gasteiger partial charge in [0.25, 0.3) is 0 Å². The van der Waals surface area contributed by atoms with Gasteiger partial charge in [-0.15, -0.1) is 0 Å². The van der Waals surface area contributed by atoms with Gasteiger partial charge in [0.1, 0.15) is 0 Å². The van der Waals surface area contributed by atoms with Crippen LogP contribution in [-0.4, -0.2) is 33.0 Å². The van der Waals surface area contributed by atoms with Crippen LogP contribution in [0.1, 0.15) is 20.3 Å². The number of rotatable bonds is 6. The molecule has 1 fully saturated rings. The average molecular weight is 187 g/mol. The Hall–Kier alpha value is -0.120. The van der Waals surface area contributed by atoms with Gasteiger partial charge in [-0.25, -0.2) is 0 Å². The second kappa shape index (κ2) is 4.94. The molecular formula is C10H21NO2. The van der Waals surface area contributed by atoms with Crippen LogP contribution in [0.15, 0.2) is 0 Å². The minimum Gasteiger partial charge on any atom is -0.380 e. The van der Waals surface area contributed by atoms with E-state index >= 15 is 0 Å². The summed E-state index contributed by atoms with van der Waals surface area (Å²) >= 11 is 0. The molecule has 1 rings (SSSR count). The first-order valence-electron chi connectivity index (χ1n) is 5.04. The molecule has 0 aromatic rings. The Labute approximate surface area is 80.6 Å². The van der Waals surface area contributed by atoms with Gasteiger partial charge in [0.2, 0.25) is 0 Å². The highest BCUT2D eigenvalue weighted by Crippen LogP contribution is 2.34. The van der Waals surface area contributed by atoms with Crippen molar-refractivity contribution in [2.75, 3.05) is 33.0 Å². The van der Waals surface area contributed by atoms with Gasteiger partial charge in [0.05, 0.1) is 26.4 Å². The SMILES string of the molecule is CC(C)CC1(COCCN)COC1. The lowest BCUT2D eigenvalue weighted by Gasteiger charge is -2.42. The van der Waals surface area contributed by atoms with Crippen LogP contribution in [0.5, 0.6) is 0 Å². The van der Waals surface area contributed by atoms with E-state index in [0.29, 0.717) is 24.5 Å². The molecule has 0 unspecified atom stereocenters. The molecule has 1 heterocycles. The van der Waals surface area contributed by atoms with Crippen LogP contribution in [0.2, 0.25) is 0 Å². The largest absolute Gasteiger partial charge is 0.380 e. The summed E-state index contributed by atoms with van der Waals surface area (Å²) in [6.45, 7) is 8.28. The third kappa shape index (κ3) is 3.25. The molecule has 3 heteroatoms. The van der Waals surface area contributed by atoms with E-state index < -0.39 is 0 Å². The van der Waals surface area contributed by atoms with Crippen molar-refractivity contribution in [3.8, 4) is 0 Å². The predicted octanol–water partition coefficient (Wildman–Crippen LogP) is 1.02. The van der Waals surface area contributed by atoms with Crippen molar-refractivity contribution < 1.29 is 9.47 Å². The molecule has 0 radical (unpaired) electrons. The second-order valence-electron chi connectivity index (χ2n) is 4.43. The summed E-state index contributed by atoms with van der Waals surface area (Å²) in [6.07, 6.45) is 1.19. The van der Waals surface area contributed by atoms with E-state index in [4.69, 9.17) is 15.2 Å². The van der Waals surface area contributed by atoms with Crippen LogP contribution < -0.4 is 5.73 Å². The average Bonchev–Trinajstić information content (AvgIpc) is 1.99. The fraction of sp³-hybridized carbons (Fsp3) is 1.00. The van der Waals surface area contributed by atoms with Crippen molar-refractivity contribution in [2.24, 2.45) is 17.1 Å². The van der Waals surface area contributed by atoms with Crippen LogP contribution in [0.3, 0.4) is 0 Å². The van der Waals surface area contributed by atoms with Gasteiger partial charge in [0, 0.05) is 12.0 Å². The molecule has 0 aliphatic carbocycles. The van der Waals surface area contributed by atoms with Gasteiger partial charge >= 0.3 is 0 Å². The first kappa shape index (κ1) is 11.0. The van der Waals surface area contributed by atoms with Crippen molar-refractivity contribution >= 4 is 0 Å². The fourth-order valence-electron chi connectivity index (χ4n) is 1.89. The minimum absolute atomic E-state index is 0.295. The number of ether oxygens (including phenoxy) is 2. The highest BCUT2D eigenvalue weighted by molar-refractivity contribution is 4.86. The third-order valence-electron chi connectivity index (χ3n) is 2.33. The maximum absolute atomic E-state index is 5.49. The Balaban J connectivity index is 2.23. The van der Waals surface area contributed by atoms with E-state index in [1.165, 1.54) is 6.42 Å². The molecule has 1 aliphatic heterocycles. The van der Waals surface area contributed by atoms with Crippen molar-refractivity contribution in [3.05, 3.63) is 0 Å². The molecule has 0 saturated carbocycles. The van der Waals surface area contributed by atoms with Crippen LogP contribution >= 0.6 is 0 Å². The van der Waals surface area contributed by atoms with E-state index in [1.807, 2.05) is 0 Å². The number of nitrogens with two attached hydrogens (primary N) is 1. The summed E-state index contributed by atoms with van der Waals surface area (Å²) in [5.74, 6) is 0.713. The molecule has 78 valence electrons. The van der Waals surface area contributed by atoms with Crippen LogP contribution in [-0.2, 0) is 9.47 Å². The summed E-state index contributed by atoms with van der Waals surface area (Å²) in [7, 11) is 0. The van der Waals surface area contributed by atoms with E-state index in [0.717, 1.165) is 19.8 Å². The van der Waals surface area contributed by atoms with Crippen molar-refractivity contribution in [1.29, 1.82) is 0 Å². The standard InChI is InChI=1S/C10H21NO2/c1-9(2)5-10(7-13-8-10)6-12-4-3-11/h9H,3-8,11H2,1-2H3. The molecule has 13 heavy (non-hydrogen) atoms. The summed E-state index contributed by atoms with van der Waals surface area (Å²) in [4.78, 5) is 0. The summed E-state index contributed by atoms with van der Waals surface area (Å²) in [5.41, 5.74) is 5.66. The van der Waals surface area contributed by atoms with Crippen LogP contribution in [0.25, 0.3) is 0 Å². The maximum atomic E-state index is 5.49. The molecule has 0 amide bonds. The smallest absolute Gasteiger partial charge is 0.0589 e. The Morgan fingerprint density at radius 1 is 1.46 bits per heavy atom. The highest BCUT2D eigenvalue weighted by atomic mass is 16.5. The zero-order chi connectivity index (χ0) is 9.73. The Kier molecular flexibility index (Phi) is 4.16. The maximum Gasteiger partial charge on any atom is 0.0589 e. The fourth-order valence-corrected chi connectivity index (χ4v) is 1.89. The zero-order valence-electron chi connectivity index (χ0n) is 8.71. The molecule has 0 spiro atoms. The van der Waals surface area contributed by atoms with Crippen molar-refractivity contribution in [3.63, 3.8) is 0 Å². The van der Waals surface area contributed by atoms with Gasteiger partial charge in [-0.2, -0.15) is 0 Å². The summed E-state index contributed by atoms with van der Waals surface area (Å²) in [6, 6.07) is 0. The minimum atomic E-state index is 0.295. The lowest BCUT2D eigenvalue weighted by Crippen LogP contribution is -2.47. The van der Waals surface area contributed by atoms with Gasteiger partial charge in [-0.05, 0) is 12.3 Å². The van der Waals surface area contributed by atoms with E-state index in [9.17, 15) is 0 Å².